The fourth-order valence-corrected chi connectivity index (χ4v) is 3.51. The van der Waals surface area contributed by atoms with Gasteiger partial charge < -0.3 is 16.0 Å². The highest BCUT2D eigenvalue weighted by atomic mass is 16.2. The maximum atomic E-state index is 11.9. The second-order valence-corrected chi connectivity index (χ2v) is 7.81. The molecule has 2 aromatic heterocycles. The van der Waals surface area contributed by atoms with E-state index in [0.29, 0.717) is 35.7 Å². The van der Waals surface area contributed by atoms with Crippen molar-refractivity contribution in [1.29, 1.82) is 0 Å². The highest BCUT2D eigenvalue weighted by Crippen LogP contribution is 2.26. The lowest BCUT2D eigenvalue weighted by Gasteiger charge is -2.13. The Morgan fingerprint density at radius 3 is 2.61 bits per heavy atom. The van der Waals surface area contributed by atoms with Gasteiger partial charge in [0.1, 0.15) is 5.70 Å². The molecular weight excluding hydrogens is 396 g/mol. The van der Waals surface area contributed by atoms with E-state index in [-0.39, 0.29) is 5.70 Å². The molecule has 1 saturated carbocycles. The summed E-state index contributed by atoms with van der Waals surface area (Å²) in [4.78, 5) is 32.6. The average Bonchev–Trinajstić information content (AvgIpc) is 3.36. The number of carbonyl (C=O) groups excluding carboxylic acids is 2. The van der Waals surface area contributed by atoms with Crippen LogP contribution in [0.25, 0.3) is 11.7 Å². The molecule has 0 bridgehead atoms. The molecule has 10 heteroatoms. The number of amides is 3. The maximum absolute atomic E-state index is 11.9. The summed E-state index contributed by atoms with van der Waals surface area (Å²) in [6.45, 7) is 4.74. The molecule has 1 saturated heterocycles. The molecule has 2 fully saturated rings. The first-order valence-corrected chi connectivity index (χ1v) is 10.1. The van der Waals surface area contributed by atoms with Crippen LogP contribution in [0.1, 0.15) is 35.1 Å². The van der Waals surface area contributed by atoms with Crippen molar-refractivity contribution in [3.05, 3.63) is 52.3 Å². The Labute approximate surface area is 178 Å². The van der Waals surface area contributed by atoms with Crippen LogP contribution in [0.2, 0.25) is 0 Å². The number of urea groups is 1. The van der Waals surface area contributed by atoms with E-state index >= 15 is 0 Å². The van der Waals surface area contributed by atoms with Crippen LogP contribution in [0, 0.1) is 13.8 Å². The van der Waals surface area contributed by atoms with Crippen molar-refractivity contribution >= 4 is 35.6 Å². The molecule has 3 amide bonds. The van der Waals surface area contributed by atoms with E-state index in [9.17, 15) is 9.59 Å². The van der Waals surface area contributed by atoms with E-state index in [2.05, 4.69) is 62.3 Å². The third kappa shape index (κ3) is 3.79. The largest absolute Gasteiger partial charge is 0.351 e. The number of benzene rings is 1. The summed E-state index contributed by atoms with van der Waals surface area (Å²) in [6.07, 6.45) is 5.33. The summed E-state index contributed by atoms with van der Waals surface area (Å²) < 4.78 is 1.61. The van der Waals surface area contributed by atoms with Crippen LogP contribution in [0.4, 0.5) is 16.7 Å². The number of aromatic nitrogens is 4. The monoisotopic (exact) mass is 418 g/mol. The van der Waals surface area contributed by atoms with Crippen molar-refractivity contribution in [2.45, 2.75) is 39.3 Å². The highest BCUT2D eigenvalue weighted by Gasteiger charge is 2.26. The number of hydrogen-bond donors (Lipinski definition) is 4. The van der Waals surface area contributed by atoms with Crippen molar-refractivity contribution in [3.8, 4) is 0 Å². The number of hydrogen-bond acceptors (Lipinski definition) is 7. The minimum Gasteiger partial charge on any atom is -0.351 e. The molecule has 4 N–H and O–H groups in total. The van der Waals surface area contributed by atoms with E-state index in [1.807, 2.05) is 6.07 Å². The fourth-order valence-electron chi connectivity index (χ4n) is 3.51. The predicted molar refractivity (Wildman–Crippen MR) is 115 cm³/mol. The van der Waals surface area contributed by atoms with Crippen molar-refractivity contribution in [2.24, 2.45) is 0 Å². The molecule has 2 aliphatic rings. The van der Waals surface area contributed by atoms with Gasteiger partial charge in [0.2, 0.25) is 11.9 Å². The number of rotatable bonds is 6. The molecule has 10 nitrogen and oxygen atoms in total. The van der Waals surface area contributed by atoms with E-state index in [1.54, 1.807) is 16.8 Å². The topological polar surface area (TPSA) is 125 Å². The second-order valence-electron chi connectivity index (χ2n) is 7.81. The maximum Gasteiger partial charge on any atom is 0.326 e. The Bertz CT molecular complexity index is 1220. The SMILES string of the molecule is Cc1cccc(C)c1CNc1nc(NC2CC2)n2ncc(/C=C3\NC(=O)NC3=O)c2n1. The minimum absolute atomic E-state index is 0.153. The van der Waals surface area contributed by atoms with Crippen LogP contribution >= 0.6 is 0 Å². The van der Waals surface area contributed by atoms with Gasteiger partial charge in [-0.25, -0.2) is 4.79 Å². The summed E-state index contributed by atoms with van der Waals surface area (Å²) in [5.74, 6) is 0.558. The molecule has 1 aromatic carbocycles. The molecular formula is C21H22N8O2. The van der Waals surface area contributed by atoms with Crippen LogP contribution in [0.15, 0.2) is 30.1 Å². The Balaban J connectivity index is 1.51. The Morgan fingerprint density at radius 1 is 1.16 bits per heavy atom. The summed E-state index contributed by atoms with van der Waals surface area (Å²) in [7, 11) is 0. The van der Waals surface area contributed by atoms with E-state index in [4.69, 9.17) is 0 Å². The number of aryl methyl sites for hydroxylation is 2. The number of anilines is 2. The third-order valence-corrected chi connectivity index (χ3v) is 5.39. The van der Waals surface area contributed by atoms with Gasteiger partial charge in [-0.1, -0.05) is 18.2 Å². The minimum atomic E-state index is -0.547. The molecule has 0 atom stereocenters. The zero-order valence-electron chi connectivity index (χ0n) is 17.2. The summed E-state index contributed by atoms with van der Waals surface area (Å²) in [5.41, 5.74) is 4.88. The highest BCUT2D eigenvalue weighted by molar-refractivity contribution is 6.14. The fraction of sp³-hybridized carbons (Fsp3) is 0.286. The van der Waals surface area contributed by atoms with Crippen LogP contribution in [0.3, 0.4) is 0 Å². The zero-order valence-corrected chi connectivity index (χ0v) is 17.2. The standard InChI is InChI=1S/C21H22N8O2/c1-11-4-3-5-12(2)15(11)10-22-19-26-17-13(8-16-18(30)27-21(31)25-16)9-23-29(17)20(28-19)24-14-6-7-14/h3-5,8-9,14H,6-7,10H2,1-2H3,(H2,22,24,26,28)(H2,25,27,30,31)/b16-8-. The Hall–Kier alpha value is -3.95. The molecule has 1 aliphatic heterocycles. The number of nitrogens with one attached hydrogen (secondary N) is 4. The Morgan fingerprint density at radius 2 is 1.94 bits per heavy atom. The van der Waals surface area contributed by atoms with Gasteiger partial charge in [0.25, 0.3) is 5.91 Å². The van der Waals surface area contributed by atoms with E-state index in [1.165, 1.54) is 16.7 Å². The summed E-state index contributed by atoms with van der Waals surface area (Å²) >= 11 is 0. The van der Waals surface area contributed by atoms with Crippen molar-refractivity contribution in [1.82, 2.24) is 30.2 Å². The lowest BCUT2D eigenvalue weighted by molar-refractivity contribution is -0.115. The van der Waals surface area contributed by atoms with Crippen molar-refractivity contribution in [3.63, 3.8) is 0 Å². The Kier molecular flexibility index (Phi) is 4.54. The second kappa shape index (κ2) is 7.38. The molecule has 1 aliphatic carbocycles. The van der Waals surface area contributed by atoms with Gasteiger partial charge in [0.15, 0.2) is 5.65 Å². The third-order valence-electron chi connectivity index (χ3n) is 5.39. The van der Waals surface area contributed by atoms with Crippen molar-refractivity contribution in [2.75, 3.05) is 10.6 Å². The van der Waals surface area contributed by atoms with Gasteiger partial charge in [-0.15, -0.1) is 0 Å². The smallest absolute Gasteiger partial charge is 0.326 e. The number of carbonyl (C=O) groups is 2. The quantitative estimate of drug-likeness (QED) is 0.357. The molecule has 3 aromatic rings. The number of imide groups is 1. The lowest BCUT2D eigenvalue weighted by atomic mass is 10.0. The lowest BCUT2D eigenvalue weighted by Crippen LogP contribution is -2.22. The molecule has 5 rings (SSSR count). The van der Waals surface area contributed by atoms with E-state index < -0.39 is 11.9 Å². The van der Waals surface area contributed by atoms with E-state index in [0.717, 1.165) is 12.8 Å². The van der Waals surface area contributed by atoms with Crippen LogP contribution in [-0.2, 0) is 11.3 Å². The molecule has 0 radical (unpaired) electrons. The molecule has 0 unspecified atom stereocenters. The van der Waals surface area contributed by atoms with Gasteiger partial charge in [0.05, 0.1) is 6.20 Å². The zero-order chi connectivity index (χ0) is 21.5. The van der Waals surface area contributed by atoms with Gasteiger partial charge in [-0.3, -0.25) is 10.1 Å². The van der Waals surface area contributed by atoms with Gasteiger partial charge in [0, 0.05) is 18.2 Å². The first kappa shape index (κ1) is 19.0. The van der Waals surface area contributed by atoms with Crippen LogP contribution in [0.5, 0.6) is 0 Å². The van der Waals surface area contributed by atoms with Gasteiger partial charge >= 0.3 is 6.03 Å². The first-order chi connectivity index (χ1) is 15.0. The first-order valence-electron chi connectivity index (χ1n) is 10.1. The van der Waals surface area contributed by atoms with Gasteiger partial charge in [-0.2, -0.15) is 19.6 Å². The van der Waals surface area contributed by atoms with Crippen molar-refractivity contribution < 1.29 is 9.59 Å². The normalized spacial score (nSPS) is 17.2. The van der Waals surface area contributed by atoms with Crippen LogP contribution < -0.4 is 21.3 Å². The molecule has 31 heavy (non-hydrogen) atoms. The number of nitrogens with zero attached hydrogens (tertiary/aromatic N) is 4. The molecule has 3 heterocycles. The average molecular weight is 418 g/mol. The predicted octanol–water partition coefficient (Wildman–Crippen LogP) is 2.11. The van der Waals surface area contributed by atoms with Gasteiger partial charge in [-0.05, 0) is 49.5 Å². The number of fused-ring (bicyclic) bond motifs is 1. The summed E-state index contributed by atoms with van der Waals surface area (Å²) in [6, 6.07) is 6.02. The molecule has 158 valence electrons. The molecule has 0 spiro atoms. The summed E-state index contributed by atoms with van der Waals surface area (Å²) in [5, 5.41) is 15.8. The van der Waals surface area contributed by atoms with Crippen LogP contribution in [-0.4, -0.2) is 37.6 Å².